The lowest BCUT2D eigenvalue weighted by molar-refractivity contribution is 0.0644. The minimum atomic E-state index is 0.128. The summed E-state index contributed by atoms with van der Waals surface area (Å²) in [6.07, 6.45) is 1.13. The summed E-state index contributed by atoms with van der Waals surface area (Å²) < 4.78 is 5.22. The maximum atomic E-state index is 6.28. The van der Waals surface area contributed by atoms with Crippen molar-refractivity contribution in [3.05, 3.63) is 27.7 Å². The molecule has 124 valence electrons. The van der Waals surface area contributed by atoms with E-state index >= 15 is 0 Å². The number of nitrogens with two attached hydrogens (primary N) is 1. The number of hydrogen-bond donors (Lipinski definition) is 1. The van der Waals surface area contributed by atoms with Crippen molar-refractivity contribution in [1.82, 2.24) is 9.80 Å². The van der Waals surface area contributed by atoms with Crippen LogP contribution in [-0.2, 0) is 0 Å². The first-order chi connectivity index (χ1) is 10.5. The van der Waals surface area contributed by atoms with Crippen LogP contribution in [0.3, 0.4) is 0 Å². The number of ether oxygens (including phenoxy) is 1. The molecule has 0 saturated carbocycles. The average Bonchev–Trinajstić information content (AvgIpc) is 2.49. The molecule has 2 atom stereocenters. The van der Waals surface area contributed by atoms with Gasteiger partial charge >= 0.3 is 0 Å². The monoisotopic (exact) mass is 345 g/mol. The van der Waals surface area contributed by atoms with Gasteiger partial charge in [-0.2, -0.15) is 0 Å². The summed E-state index contributed by atoms with van der Waals surface area (Å²) in [6.45, 7) is 5.82. The molecule has 2 unspecified atom stereocenters. The van der Waals surface area contributed by atoms with Crippen molar-refractivity contribution in [1.29, 1.82) is 0 Å². The zero-order chi connectivity index (χ0) is 16.3. The van der Waals surface area contributed by atoms with Crippen LogP contribution in [0.2, 0.25) is 10.0 Å². The van der Waals surface area contributed by atoms with Crippen molar-refractivity contribution in [2.24, 2.45) is 5.73 Å². The molecule has 0 radical (unpaired) electrons. The standard InChI is InChI=1S/C16H25Cl2N3O/c1-4-12-10-21(6-5-20(12)2)15(9-19)11-7-13(17)16(22-3)14(18)8-11/h7-8,12,15H,4-6,9-10,19H2,1-3H3. The Kier molecular flexibility index (Phi) is 6.36. The summed E-state index contributed by atoms with van der Waals surface area (Å²) >= 11 is 12.6. The third-order valence-corrected chi connectivity index (χ3v) is 5.11. The van der Waals surface area contributed by atoms with E-state index in [-0.39, 0.29) is 6.04 Å². The van der Waals surface area contributed by atoms with E-state index in [1.165, 1.54) is 0 Å². The van der Waals surface area contributed by atoms with Gasteiger partial charge in [-0.05, 0) is 31.2 Å². The van der Waals surface area contributed by atoms with Gasteiger partial charge in [-0.1, -0.05) is 30.1 Å². The number of benzene rings is 1. The number of piperazine rings is 1. The van der Waals surface area contributed by atoms with E-state index in [0.717, 1.165) is 31.6 Å². The number of hydrogen-bond acceptors (Lipinski definition) is 4. The number of methoxy groups -OCH3 is 1. The van der Waals surface area contributed by atoms with Crippen LogP contribution in [0.5, 0.6) is 5.75 Å². The lowest BCUT2D eigenvalue weighted by atomic mass is 10.0. The summed E-state index contributed by atoms with van der Waals surface area (Å²) in [5, 5.41) is 1.06. The van der Waals surface area contributed by atoms with Crippen LogP contribution in [0.25, 0.3) is 0 Å². The normalized spacial score (nSPS) is 21.8. The first kappa shape index (κ1) is 17.8. The summed E-state index contributed by atoms with van der Waals surface area (Å²) in [4.78, 5) is 4.85. The van der Waals surface area contributed by atoms with Gasteiger partial charge in [0.05, 0.1) is 17.2 Å². The van der Waals surface area contributed by atoms with E-state index in [2.05, 4.69) is 23.8 Å². The molecule has 1 saturated heterocycles. The molecule has 1 heterocycles. The number of halogens is 2. The van der Waals surface area contributed by atoms with Crippen LogP contribution in [0, 0.1) is 0 Å². The minimum Gasteiger partial charge on any atom is -0.494 e. The van der Waals surface area contributed by atoms with Gasteiger partial charge in [0.15, 0.2) is 5.75 Å². The predicted molar refractivity (Wildman–Crippen MR) is 93.1 cm³/mol. The van der Waals surface area contributed by atoms with E-state index in [9.17, 15) is 0 Å². The topological polar surface area (TPSA) is 41.7 Å². The first-order valence-electron chi connectivity index (χ1n) is 7.69. The fourth-order valence-corrected chi connectivity index (χ4v) is 3.82. The van der Waals surface area contributed by atoms with Crippen molar-refractivity contribution in [2.75, 3.05) is 40.3 Å². The second-order valence-corrected chi connectivity index (χ2v) is 6.62. The fourth-order valence-electron chi connectivity index (χ4n) is 3.16. The molecule has 0 aromatic heterocycles. The molecule has 6 heteroatoms. The summed E-state index contributed by atoms with van der Waals surface area (Å²) in [7, 11) is 3.75. The molecule has 0 spiro atoms. The van der Waals surface area contributed by atoms with E-state index in [4.69, 9.17) is 33.7 Å². The predicted octanol–water partition coefficient (Wildman–Crippen LogP) is 3.03. The Morgan fingerprint density at radius 3 is 2.45 bits per heavy atom. The maximum absolute atomic E-state index is 6.28. The van der Waals surface area contributed by atoms with E-state index in [0.29, 0.717) is 28.4 Å². The van der Waals surface area contributed by atoms with Gasteiger partial charge in [-0.15, -0.1) is 0 Å². The molecule has 2 rings (SSSR count). The van der Waals surface area contributed by atoms with E-state index < -0.39 is 0 Å². The van der Waals surface area contributed by atoms with Gasteiger partial charge in [-0.25, -0.2) is 0 Å². The number of nitrogens with zero attached hydrogens (tertiary/aromatic N) is 2. The van der Waals surface area contributed by atoms with Crippen LogP contribution in [0.4, 0.5) is 0 Å². The third kappa shape index (κ3) is 3.69. The molecule has 4 nitrogen and oxygen atoms in total. The minimum absolute atomic E-state index is 0.128. The fraction of sp³-hybridized carbons (Fsp3) is 0.625. The number of rotatable bonds is 5. The highest BCUT2D eigenvalue weighted by Crippen LogP contribution is 2.37. The molecule has 22 heavy (non-hydrogen) atoms. The van der Waals surface area contributed by atoms with Gasteiger partial charge in [-0.3, -0.25) is 4.90 Å². The lowest BCUT2D eigenvalue weighted by Gasteiger charge is -2.42. The highest BCUT2D eigenvalue weighted by Gasteiger charge is 2.28. The molecule has 1 aromatic carbocycles. The van der Waals surface area contributed by atoms with Crippen LogP contribution in [0.1, 0.15) is 24.9 Å². The second kappa shape index (κ2) is 7.84. The zero-order valence-corrected chi connectivity index (χ0v) is 15.0. The smallest absolute Gasteiger partial charge is 0.156 e. The Labute approximate surface area is 143 Å². The van der Waals surface area contributed by atoms with Crippen LogP contribution in [0.15, 0.2) is 12.1 Å². The zero-order valence-electron chi connectivity index (χ0n) is 13.5. The average molecular weight is 346 g/mol. The highest BCUT2D eigenvalue weighted by molar-refractivity contribution is 6.37. The van der Waals surface area contributed by atoms with Crippen molar-refractivity contribution in [3.8, 4) is 5.75 Å². The van der Waals surface area contributed by atoms with Gasteiger partial charge in [0.25, 0.3) is 0 Å². The van der Waals surface area contributed by atoms with Crippen LogP contribution >= 0.6 is 23.2 Å². The van der Waals surface area contributed by atoms with Gasteiger partial charge in [0.1, 0.15) is 0 Å². The highest BCUT2D eigenvalue weighted by atomic mass is 35.5. The molecule has 1 fully saturated rings. The molecule has 0 bridgehead atoms. The Hall–Kier alpha value is -0.520. The molecule has 1 aromatic rings. The van der Waals surface area contributed by atoms with Gasteiger partial charge in [0, 0.05) is 38.3 Å². The van der Waals surface area contributed by atoms with Gasteiger partial charge in [0.2, 0.25) is 0 Å². The summed E-state index contributed by atoms with van der Waals surface area (Å²) in [5.41, 5.74) is 7.11. The molecule has 0 amide bonds. The Morgan fingerprint density at radius 2 is 1.95 bits per heavy atom. The Bertz CT molecular complexity index is 489. The van der Waals surface area contributed by atoms with Crippen molar-refractivity contribution in [2.45, 2.75) is 25.4 Å². The Balaban J connectivity index is 2.25. The maximum Gasteiger partial charge on any atom is 0.156 e. The lowest BCUT2D eigenvalue weighted by Crippen LogP contribution is -2.53. The quantitative estimate of drug-likeness (QED) is 0.890. The van der Waals surface area contributed by atoms with E-state index in [1.54, 1.807) is 7.11 Å². The third-order valence-electron chi connectivity index (χ3n) is 4.55. The molecular weight excluding hydrogens is 321 g/mol. The van der Waals surface area contributed by atoms with Crippen molar-refractivity contribution >= 4 is 23.2 Å². The number of likely N-dealkylation sites (N-methyl/N-ethyl adjacent to an activating group) is 1. The molecule has 1 aliphatic heterocycles. The van der Waals surface area contributed by atoms with Crippen molar-refractivity contribution < 1.29 is 4.74 Å². The van der Waals surface area contributed by atoms with Crippen LogP contribution < -0.4 is 10.5 Å². The SMILES string of the molecule is CCC1CN(C(CN)c2cc(Cl)c(OC)c(Cl)c2)CCN1C. The Morgan fingerprint density at radius 1 is 1.32 bits per heavy atom. The van der Waals surface area contributed by atoms with E-state index in [1.807, 2.05) is 12.1 Å². The second-order valence-electron chi connectivity index (χ2n) is 5.81. The summed E-state index contributed by atoms with van der Waals surface area (Å²) in [6, 6.07) is 4.53. The summed E-state index contributed by atoms with van der Waals surface area (Å²) in [5.74, 6) is 0.521. The van der Waals surface area contributed by atoms with Crippen molar-refractivity contribution in [3.63, 3.8) is 0 Å². The largest absolute Gasteiger partial charge is 0.494 e. The van der Waals surface area contributed by atoms with Gasteiger partial charge < -0.3 is 15.4 Å². The molecule has 2 N–H and O–H groups in total. The van der Waals surface area contributed by atoms with Crippen LogP contribution in [-0.4, -0.2) is 56.2 Å². The molecule has 1 aliphatic rings. The first-order valence-corrected chi connectivity index (χ1v) is 8.44. The molecular formula is C16H25Cl2N3O. The molecule has 0 aliphatic carbocycles.